The summed E-state index contributed by atoms with van der Waals surface area (Å²) in [5.41, 5.74) is 2.35. The molecule has 2 rings (SSSR count). The van der Waals surface area contributed by atoms with Crippen LogP contribution in [-0.4, -0.2) is 28.4 Å². The Morgan fingerprint density at radius 3 is 2.62 bits per heavy atom. The van der Waals surface area contributed by atoms with Gasteiger partial charge in [0.2, 0.25) is 0 Å². The molecule has 2 aromatic heterocycles. The third-order valence-electron chi connectivity index (χ3n) is 2.09. The Bertz CT molecular complexity index is 436. The van der Waals surface area contributed by atoms with E-state index in [1.165, 1.54) is 5.56 Å². The molecule has 4 heteroatoms. The molecule has 0 radical (unpaired) electrons. The molecule has 2 aromatic rings. The standard InChI is InChI=1S/C9H14N4/c1-7-5-9-12(6-7)10-8(2)13(9)11(3)4/h5-6H,1-4H3. The van der Waals surface area contributed by atoms with Crippen molar-refractivity contribution < 1.29 is 0 Å². The van der Waals surface area contributed by atoms with Crippen LogP contribution in [-0.2, 0) is 0 Å². The molecule has 70 valence electrons. The highest BCUT2D eigenvalue weighted by molar-refractivity contribution is 5.44. The van der Waals surface area contributed by atoms with Crippen molar-refractivity contribution in [3.63, 3.8) is 0 Å². The van der Waals surface area contributed by atoms with Gasteiger partial charge < -0.3 is 5.01 Å². The maximum absolute atomic E-state index is 4.39. The number of fused-ring (bicyclic) bond motifs is 1. The minimum absolute atomic E-state index is 1.00. The van der Waals surface area contributed by atoms with Gasteiger partial charge in [-0.3, -0.25) is 0 Å². The molecule has 0 aromatic carbocycles. The van der Waals surface area contributed by atoms with Crippen molar-refractivity contribution in [3.8, 4) is 0 Å². The highest BCUT2D eigenvalue weighted by atomic mass is 15.6. The van der Waals surface area contributed by atoms with E-state index in [0.29, 0.717) is 0 Å². The van der Waals surface area contributed by atoms with Gasteiger partial charge in [-0.15, -0.1) is 0 Å². The maximum atomic E-state index is 4.39. The lowest BCUT2D eigenvalue weighted by Crippen LogP contribution is -2.25. The molecular formula is C9H14N4. The molecule has 0 aliphatic heterocycles. The lowest BCUT2D eigenvalue weighted by Gasteiger charge is -2.14. The van der Waals surface area contributed by atoms with Crippen LogP contribution in [0.4, 0.5) is 0 Å². The summed E-state index contributed by atoms with van der Waals surface area (Å²) in [6, 6.07) is 2.12. The molecule has 0 fully saturated rings. The van der Waals surface area contributed by atoms with Crippen molar-refractivity contribution in [2.45, 2.75) is 13.8 Å². The summed E-state index contributed by atoms with van der Waals surface area (Å²) in [4.78, 5) is 0. The molecule has 0 N–H and O–H groups in total. The van der Waals surface area contributed by atoms with E-state index < -0.39 is 0 Å². The summed E-state index contributed by atoms with van der Waals surface area (Å²) in [5.74, 6) is 1.00. The predicted molar refractivity (Wildman–Crippen MR) is 52.7 cm³/mol. The molecule has 0 unspecified atom stereocenters. The van der Waals surface area contributed by atoms with Crippen molar-refractivity contribution in [2.24, 2.45) is 0 Å². The Morgan fingerprint density at radius 2 is 2.00 bits per heavy atom. The van der Waals surface area contributed by atoms with Gasteiger partial charge in [0, 0.05) is 20.3 Å². The second-order valence-electron chi connectivity index (χ2n) is 3.53. The zero-order valence-electron chi connectivity index (χ0n) is 8.44. The van der Waals surface area contributed by atoms with Gasteiger partial charge in [-0.2, -0.15) is 5.10 Å². The van der Waals surface area contributed by atoms with Gasteiger partial charge in [0.25, 0.3) is 0 Å². The van der Waals surface area contributed by atoms with Crippen LogP contribution in [0.3, 0.4) is 0 Å². The Hall–Kier alpha value is -1.45. The van der Waals surface area contributed by atoms with E-state index in [1.807, 2.05) is 36.7 Å². The molecule has 4 nitrogen and oxygen atoms in total. The number of aryl methyl sites for hydroxylation is 2. The summed E-state index contributed by atoms with van der Waals surface area (Å²) >= 11 is 0. The van der Waals surface area contributed by atoms with Crippen molar-refractivity contribution in [1.82, 2.24) is 14.3 Å². The topological polar surface area (TPSA) is 25.5 Å². The average Bonchev–Trinajstić information content (AvgIpc) is 2.41. The van der Waals surface area contributed by atoms with Gasteiger partial charge in [0.05, 0.1) is 0 Å². The Labute approximate surface area is 77.3 Å². The molecule has 0 atom stereocenters. The zero-order valence-corrected chi connectivity index (χ0v) is 8.44. The number of rotatable bonds is 1. The smallest absolute Gasteiger partial charge is 0.154 e. The summed E-state index contributed by atoms with van der Waals surface area (Å²) in [6.07, 6.45) is 2.03. The van der Waals surface area contributed by atoms with E-state index in [0.717, 1.165) is 11.5 Å². The molecule has 0 saturated heterocycles. The third kappa shape index (κ3) is 1.09. The quantitative estimate of drug-likeness (QED) is 0.649. The number of nitrogens with zero attached hydrogens (tertiary/aromatic N) is 4. The predicted octanol–water partition coefficient (Wildman–Crippen LogP) is 0.950. The highest BCUT2D eigenvalue weighted by Crippen LogP contribution is 2.10. The molecule has 0 aliphatic carbocycles. The first-order valence-corrected chi connectivity index (χ1v) is 4.31. The zero-order chi connectivity index (χ0) is 9.59. The molecular weight excluding hydrogens is 164 g/mol. The molecule has 13 heavy (non-hydrogen) atoms. The van der Waals surface area contributed by atoms with E-state index in [1.54, 1.807) is 0 Å². The van der Waals surface area contributed by atoms with Gasteiger partial charge in [-0.1, -0.05) is 0 Å². The minimum Gasteiger partial charge on any atom is -0.316 e. The van der Waals surface area contributed by atoms with Gasteiger partial charge in [-0.05, 0) is 25.5 Å². The van der Waals surface area contributed by atoms with Gasteiger partial charge >= 0.3 is 0 Å². The SMILES string of the molecule is Cc1cc2n(N(C)C)c(C)nn2c1. The summed E-state index contributed by atoms with van der Waals surface area (Å²) in [5, 5.41) is 6.42. The van der Waals surface area contributed by atoms with E-state index in [9.17, 15) is 0 Å². The third-order valence-corrected chi connectivity index (χ3v) is 2.09. The largest absolute Gasteiger partial charge is 0.316 e. The molecule has 0 amide bonds. The number of hydrogen-bond acceptors (Lipinski definition) is 2. The molecule has 0 bridgehead atoms. The van der Waals surface area contributed by atoms with Crippen molar-refractivity contribution >= 4 is 5.65 Å². The summed E-state index contributed by atoms with van der Waals surface area (Å²) in [7, 11) is 4.02. The van der Waals surface area contributed by atoms with Crippen LogP contribution < -0.4 is 5.01 Å². The molecule has 0 aliphatic rings. The van der Waals surface area contributed by atoms with Crippen molar-refractivity contribution in [2.75, 3.05) is 19.1 Å². The van der Waals surface area contributed by atoms with Crippen LogP contribution in [0, 0.1) is 13.8 Å². The van der Waals surface area contributed by atoms with Crippen LogP contribution in [0.1, 0.15) is 11.4 Å². The van der Waals surface area contributed by atoms with Crippen LogP contribution in [0.25, 0.3) is 5.65 Å². The molecule has 2 heterocycles. The van der Waals surface area contributed by atoms with Crippen LogP contribution in [0.15, 0.2) is 12.3 Å². The fourth-order valence-corrected chi connectivity index (χ4v) is 1.66. The first kappa shape index (κ1) is 8.16. The van der Waals surface area contributed by atoms with Crippen molar-refractivity contribution in [1.29, 1.82) is 0 Å². The Morgan fingerprint density at radius 1 is 1.31 bits per heavy atom. The monoisotopic (exact) mass is 178 g/mol. The number of aromatic nitrogens is 3. The summed E-state index contributed by atoms with van der Waals surface area (Å²) in [6.45, 7) is 4.08. The van der Waals surface area contributed by atoms with Gasteiger partial charge in [0.15, 0.2) is 5.65 Å². The molecule has 0 saturated carbocycles. The fourth-order valence-electron chi connectivity index (χ4n) is 1.66. The lowest BCUT2D eigenvalue weighted by atomic mass is 10.4. The van der Waals surface area contributed by atoms with Crippen molar-refractivity contribution in [3.05, 3.63) is 23.7 Å². The second-order valence-corrected chi connectivity index (χ2v) is 3.53. The lowest BCUT2D eigenvalue weighted by molar-refractivity contribution is 0.724. The first-order chi connectivity index (χ1) is 6.09. The van der Waals surface area contributed by atoms with E-state index in [2.05, 4.69) is 22.8 Å². The van der Waals surface area contributed by atoms with Gasteiger partial charge in [0.1, 0.15) is 5.82 Å². The van der Waals surface area contributed by atoms with Crippen LogP contribution in [0.2, 0.25) is 0 Å². The van der Waals surface area contributed by atoms with E-state index >= 15 is 0 Å². The maximum Gasteiger partial charge on any atom is 0.154 e. The first-order valence-electron chi connectivity index (χ1n) is 4.31. The Balaban J connectivity index is 2.75. The normalized spacial score (nSPS) is 11.1. The van der Waals surface area contributed by atoms with Crippen LogP contribution >= 0.6 is 0 Å². The molecule has 0 spiro atoms. The van der Waals surface area contributed by atoms with E-state index in [-0.39, 0.29) is 0 Å². The van der Waals surface area contributed by atoms with Gasteiger partial charge in [-0.25, -0.2) is 9.19 Å². The Kier molecular flexibility index (Phi) is 1.58. The summed E-state index contributed by atoms with van der Waals surface area (Å²) < 4.78 is 3.98. The minimum atomic E-state index is 1.00. The second kappa shape index (κ2) is 2.52. The average molecular weight is 178 g/mol. The highest BCUT2D eigenvalue weighted by Gasteiger charge is 2.08. The van der Waals surface area contributed by atoms with Crippen LogP contribution in [0.5, 0.6) is 0 Å². The van der Waals surface area contributed by atoms with E-state index in [4.69, 9.17) is 0 Å². The fraction of sp³-hybridized carbons (Fsp3) is 0.444. The number of hydrogen-bond donors (Lipinski definition) is 0.